The number of urea groups is 1. The van der Waals surface area contributed by atoms with E-state index in [4.69, 9.17) is 27.6 Å². The van der Waals surface area contributed by atoms with Crippen molar-refractivity contribution in [3.63, 3.8) is 0 Å². The Morgan fingerprint density at radius 2 is 2.14 bits per heavy atom. The van der Waals surface area contributed by atoms with Crippen LogP contribution in [0.15, 0.2) is 53.4 Å². The van der Waals surface area contributed by atoms with Gasteiger partial charge in [0.05, 0.1) is 25.9 Å². The van der Waals surface area contributed by atoms with Gasteiger partial charge in [-0.3, -0.25) is 0 Å². The van der Waals surface area contributed by atoms with Gasteiger partial charge in [0.1, 0.15) is 11.6 Å². The number of rotatable bonds is 8. The molecule has 8 heteroatoms. The topological polar surface area (TPSA) is 63.3 Å². The number of nitrogens with one attached hydrogen (secondary N) is 1. The number of hydrogen-bond acceptors (Lipinski definition) is 3. The summed E-state index contributed by atoms with van der Waals surface area (Å²) >= 11 is 12.3. The van der Waals surface area contributed by atoms with Gasteiger partial charge in [-0.15, -0.1) is 0 Å². The number of carbonyl (C=O) groups excluding carboxylic acids is 1. The number of aromatic nitrogens is 2. The van der Waals surface area contributed by atoms with E-state index >= 15 is 0 Å². The summed E-state index contributed by atoms with van der Waals surface area (Å²) in [7, 11) is 0. The molecule has 0 atom stereocenters. The Labute approximate surface area is 174 Å². The predicted octanol–water partition coefficient (Wildman–Crippen LogP) is 4.95. The van der Waals surface area contributed by atoms with Gasteiger partial charge in [0.2, 0.25) is 0 Å². The molecule has 1 aromatic carbocycles. The summed E-state index contributed by atoms with van der Waals surface area (Å²) < 4.78 is 7.38. The molecule has 0 spiro atoms. The number of benzene rings is 1. The summed E-state index contributed by atoms with van der Waals surface area (Å²) in [4.78, 5) is 18.7. The lowest BCUT2D eigenvalue weighted by molar-refractivity contribution is 0.185. The van der Waals surface area contributed by atoms with Crippen molar-refractivity contribution in [3.05, 3.63) is 76.2 Å². The molecule has 2 heterocycles. The summed E-state index contributed by atoms with van der Waals surface area (Å²) in [5, 5.41) is 4.11. The minimum absolute atomic E-state index is 0.155. The number of carbonyl (C=O) groups is 1. The van der Waals surface area contributed by atoms with Crippen LogP contribution in [-0.4, -0.2) is 27.0 Å². The summed E-state index contributed by atoms with van der Waals surface area (Å²) in [5.74, 6) is 1.47. The maximum absolute atomic E-state index is 12.6. The molecule has 3 aromatic rings. The minimum atomic E-state index is -0.155. The van der Waals surface area contributed by atoms with Gasteiger partial charge in [0, 0.05) is 29.0 Å². The average molecular weight is 421 g/mol. The van der Waals surface area contributed by atoms with E-state index in [1.54, 1.807) is 35.6 Å². The predicted molar refractivity (Wildman–Crippen MR) is 109 cm³/mol. The van der Waals surface area contributed by atoms with Crippen molar-refractivity contribution in [1.82, 2.24) is 19.8 Å². The molecule has 0 aliphatic heterocycles. The summed E-state index contributed by atoms with van der Waals surface area (Å²) in [6.07, 6.45) is 6.05. The van der Waals surface area contributed by atoms with Crippen molar-refractivity contribution >= 4 is 29.2 Å². The Balaban J connectivity index is 1.77. The van der Waals surface area contributed by atoms with Crippen LogP contribution < -0.4 is 5.32 Å². The Hall–Kier alpha value is -2.44. The molecular formula is C20H22Cl2N4O2. The highest BCUT2D eigenvalue weighted by atomic mass is 35.5. The van der Waals surface area contributed by atoms with Crippen molar-refractivity contribution in [2.24, 2.45) is 0 Å². The van der Waals surface area contributed by atoms with Crippen LogP contribution >= 0.6 is 23.2 Å². The van der Waals surface area contributed by atoms with Gasteiger partial charge in [0.25, 0.3) is 0 Å². The zero-order valence-electron chi connectivity index (χ0n) is 15.6. The van der Waals surface area contributed by atoms with E-state index < -0.39 is 0 Å². The maximum Gasteiger partial charge on any atom is 0.318 e. The lowest BCUT2D eigenvalue weighted by atomic mass is 10.2. The highest BCUT2D eigenvalue weighted by molar-refractivity contribution is 6.35. The molecule has 2 aromatic heterocycles. The minimum Gasteiger partial charge on any atom is -0.467 e. The van der Waals surface area contributed by atoms with Crippen LogP contribution in [0.5, 0.6) is 0 Å². The molecule has 0 unspecified atom stereocenters. The lowest BCUT2D eigenvalue weighted by Crippen LogP contribution is -2.40. The smallest absolute Gasteiger partial charge is 0.318 e. The summed E-state index contributed by atoms with van der Waals surface area (Å²) in [6, 6.07) is 8.92. The average Bonchev–Trinajstić information content (AvgIpc) is 3.34. The normalized spacial score (nSPS) is 10.8. The first-order valence-corrected chi connectivity index (χ1v) is 9.81. The summed E-state index contributed by atoms with van der Waals surface area (Å²) in [6.45, 7) is 3.87. The molecule has 148 valence electrons. The number of nitrogens with zero attached hydrogens (tertiary/aromatic N) is 3. The van der Waals surface area contributed by atoms with Gasteiger partial charge >= 0.3 is 6.03 Å². The van der Waals surface area contributed by atoms with E-state index in [0.717, 1.165) is 17.8 Å². The third kappa shape index (κ3) is 5.30. The fourth-order valence-electron chi connectivity index (χ4n) is 2.77. The largest absolute Gasteiger partial charge is 0.467 e. The monoisotopic (exact) mass is 420 g/mol. The van der Waals surface area contributed by atoms with Crippen molar-refractivity contribution in [2.45, 2.75) is 33.0 Å². The number of imidazole rings is 1. The second-order valence-corrected chi connectivity index (χ2v) is 7.22. The van der Waals surface area contributed by atoms with Gasteiger partial charge in [0.15, 0.2) is 0 Å². The summed E-state index contributed by atoms with van der Waals surface area (Å²) in [5.41, 5.74) is 0.929. The van der Waals surface area contributed by atoms with Crippen molar-refractivity contribution in [3.8, 4) is 0 Å². The standard InChI is InChI=1S/C20H22Cl2N4O2/c1-2-7-24-20(27)26(13-17-4-3-10-28-17)14-19-23-8-9-25(19)12-15-5-6-16(21)11-18(15)22/h3-6,8-11H,2,7,12-14H2,1H3,(H,24,27). The lowest BCUT2D eigenvalue weighted by Gasteiger charge is -2.22. The van der Waals surface area contributed by atoms with Gasteiger partial charge in [-0.25, -0.2) is 9.78 Å². The van der Waals surface area contributed by atoms with Crippen LogP contribution in [0, 0.1) is 0 Å². The molecule has 0 aliphatic rings. The Morgan fingerprint density at radius 3 is 2.86 bits per heavy atom. The zero-order valence-corrected chi connectivity index (χ0v) is 17.1. The molecule has 2 amide bonds. The number of furan rings is 1. The first-order valence-electron chi connectivity index (χ1n) is 9.06. The van der Waals surface area contributed by atoms with Crippen LogP contribution in [-0.2, 0) is 19.6 Å². The van der Waals surface area contributed by atoms with Crippen LogP contribution in [0.25, 0.3) is 0 Å². The maximum atomic E-state index is 12.6. The molecule has 0 saturated carbocycles. The SMILES string of the molecule is CCCNC(=O)N(Cc1ccco1)Cc1nccn1Cc1ccc(Cl)cc1Cl. The van der Waals surface area contributed by atoms with Crippen molar-refractivity contribution in [2.75, 3.05) is 6.54 Å². The fraction of sp³-hybridized carbons (Fsp3) is 0.300. The van der Waals surface area contributed by atoms with Gasteiger partial charge in [-0.05, 0) is 36.2 Å². The molecule has 6 nitrogen and oxygen atoms in total. The van der Waals surface area contributed by atoms with Crippen LogP contribution in [0.4, 0.5) is 4.79 Å². The Morgan fingerprint density at radius 1 is 1.29 bits per heavy atom. The molecule has 0 saturated heterocycles. The number of amides is 2. The van der Waals surface area contributed by atoms with Gasteiger partial charge < -0.3 is 19.2 Å². The number of halogens is 2. The van der Waals surface area contributed by atoms with E-state index in [9.17, 15) is 4.79 Å². The first kappa shape index (κ1) is 20.3. The molecule has 0 bridgehead atoms. The highest BCUT2D eigenvalue weighted by Gasteiger charge is 2.18. The Bertz CT molecular complexity index is 909. The first-order chi connectivity index (χ1) is 13.6. The van der Waals surface area contributed by atoms with Crippen molar-refractivity contribution < 1.29 is 9.21 Å². The van der Waals surface area contributed by atoms with Gasteiger partial charge in [-0.2, -0.15) is 0 Å². The molecule has 0 radical (unpaired) electrons. The third-order valence-corrected chi connectivity index (χ3v) is 4.82. The zero-order chi connectivity index (χ0) is 19.9. The second kappa shape index (κ2) is 9.66. The number of hydrogen-bond donors (Lipinski definition) is 1. The van der Waals surface area contributed by atoms with Crippen molar-refractivity contribution in [1.29, 1.82) is 0 Å². The van der Waals surface area contributed by atoms with E-state index in [0.29, 0.717) is 42.0 Å². The second-order valence-electron chi connectivity index (χ2n) is 6.37. The molecular weight excluding hydrogens is 399 g/mol. The highest BCUT2D eigenvalue weighted by Crippen LogP contribution is 2.22. The van der Waals surface area contributed by atoms with E-state index in [-0.39, 0.29) is 6.03 Å². The van der Waals surface area contributed by atoms with E-state index in [1.807, 2.05) is 29.8 Å². The van der Waals surface area contributed by atoms with Crippen LogP contribution in [0.2, 0.25) is 10.0 Å². The fourth-order valence-corrected chi connectivity index (χ4v) is 3.24. The molecule has 0 fully saturated rings. The quantitative estimate of drug-likeness (QED) is 0.560. The molecule has 1 N–H and O–H groups in total. The molecule has 28 heavy (non-hydrogen) atoms. The van der Waals surface area contributed by atoms with E-state index in [2.05, 4.69) is 10.3 Å². The Kier molecular flexibility index (Phi) is 7.01. The third-order valence-electron chi connectivity index (χ3n) is 4.23. The van der Waals surface area contributed by atoms with Crippen LogP contribution in [0.3, 0.4) is 0 Å². The van der Waals surface area contributed by atoms with Gasteiger partial charge in [-0.1, -0.05) is 36.2 Å². The van der Waals surface area contributed by atoms with Crippen LogP contribution in [0.1, 0.15) is 30.5 Å². The van der Waals surface area contributed by atoms with E-state index in [1.165, 1.54) is 0 Å². The molecule has 0 aliphatic carbocycles. The molecule has 3 rings (SSSR count).